The van der Waals surface area contributed by atoms with Gasteiger partial charge in [-0.1, -0.05) is 6.07 Å². The molecule has 1 aromatic carbocycles. The molecule has 4 heteroatoms. The Morgan fingerprint density at radius 2 is 1.72 bits per heavy atom. The van der Waals surface area contributed by atoms with E-state index in [4.69, 9.17) is 9.47 Å². The lowest BCUT2D eigenvalue weighted by atomic mass is 9.79. The molecule has 1 saturated carbocycles. The molecule has 0 bridgehead atoms. The largest absolute Gasteiger partial charge is 0.486 e. The summed E-state index contributed by atoms with van der Waals surface area (Å²) in [5.74, 6) is 1.64. The highest BCUT2D eigenvalue weighted by Gasteiger charge is 2.34. The van der Waals surface area contributed by atoms with Gasteiger partial charge in [0.15, 0.2) is 11.5 Å². The van der Waals surface area contributed by atoms with Crippen LogP contribution in [0.4, 0.5) is 0 Å². The zero-order chi connectivity index (χ0) is 12.6. The number of fused-ring (bicyclic) bond motifs is 1. The summed E-state index contributed by atoms with van der Waals surface area (Å²) in [5.41, 5.74) is -0.0803. The van der Waals surface area contributed by atoms with Crippen molar-refractivity contribution in [2.45, 2.75) is 31.3 Å². The monoisotopic (exact) mass is 248 g/mol. The van der Waals surface area contributed by atoms with Crippen molar-refractivity contribution in [3.63, 3.8) is 0 Å². The Hall–Kier alpha value is -1.55. The molecule has 18 heavy (non-hydrogen) atoms. The van der Waals surface area contributed by atoms with Gasteiger partial charge >= 0.3 is 0 Å². The van der Waals surface area contributed by atoms with Crippen molar-refractivity contribution in [1.82, 2.24) is 0 Å². The SMILES string of the molecule is O=C1CCC(O)(c2ccc3c(c2)OCCO3)CC1. The topological polar surface area (TPSA) is 55.8 Å². The van der Waals surface area contributed by atoms with Gasteiger partial charge < -0.3 is 14.6 Å². The number of aliphatic hydroxyl groups is 1. The van der Waals surface area contributed by atoms with Gasteiger partial charge in [-0.3, -0.25) is 4.79 Å². The van der Waals surface area contributed by atoms with E-state index in [1.54, 1.807) is 0 Å². The number of ether oxygens (including phenoxy) is 2. The van der Waals surface area contributed by atoms with Gasteiger partial charge in [-0.2, -0.15) is 0 Å². The Bertz CT molecular complexity index is 471. The summed E-state index contributed by atoms with van der Waals surface area (Å²) in [6, 6.07) is 5.53. The third-order valence-electron chi connectivity index (χ3n) is 3.71. The van der Waals surface area contributed by atoms with Crippen molar-refractivity contribution in [1.29, 1.82) is 0 Å². The van der Waals surface area contributed by atoms with Crippen molar-refractivity contribution in [2.75, 3.05) is 13.2 Å². The normalized spacial score (nSPS) is 21.7. The number of rotatable bonds is 1. The molecule has 4 nitrogen and oxygen atoms in total. The van der Waals surface area contributed by atoms with Gasteiger partial charge in [-0.25, -0.2) is 0 Å². The highest BCUT2D eigenvalue weighted by atomic mass is 16.6. The summed E-state index contributed by atoms with van der Waals surface area (Å²) in [4.78, 5) is 11.3. The number of hydrogen-bond donors (Lipinski definition) is 1. The Morgan fingerprint density at radius 3 is 2.44 bits per heavy atom. The van der Waals surface area contributed by atoms with E-state index < -0.39 is 5.60 Å². The van der Waals surface area contributed by atoms with Gasteiger partial charge in [-0.05, 0) is 30.5 Å². The Morgan fingerprint density at radius 1 is 1.06 bits per heavy atom. The fraction of sp³-hybridized carbons (Fsp3) is 0.500. The van der Waals surface area contributed by atoms with Crippen molar-refractivity contribution in [3.8, 4) is 11.5 Å². The molecule has 2 aliphatic rings. The summed E-state index contributed by atoms with van der Waals surface area (Å²) in [7, 11) is 0. The molecular formula is C14H16O4. The van der Waals surface area contributed by atoms with Gasteiger partial charge in [0.2, 0.25) is 0 Å². The molecule has 0 spiro atoms. The maximum atomic E-state index is 11.3. The van der Waals surface area contributed by atoms with Crippen molar-refractivity contribution in [2.24, 2.45) is 0 Å². The smallest absolute Gasteiger partial charge is 0.161 e. The number of ketones is 1. The minimum absolute atomic E-state index is 0.234. The molecule has 0 unspecified atom stereocenters. The maximum Gasteiger partial charge on any atom is 0.161 e. The predicted octanol–water partition coefficient (Wildman–Crippen LogP) is 1.79. The van der Waals surface area contributed by atoms with Crippen LogP contribution in [0.3, 0.4) is 0 Å². The van der Waals surface area contributed by atoms with Crippen LogP contribution in [0.1, 0.15) is 31.2 Å². The minimum atomic E-state index is -0.899. The van der Waals surface area contributed by atoms with Crippen LogP contribution in [0.25, 0.3) is 0 Å². The Labute approximate surface area is 106 Å². The molecule has 3 rings (SSSR count). The molecule has 1 N–H and O–H groups in total. The summed E-state index contributed by atoms with van der Waals surface area (Å²) in [6.45, 7) is 1.10. The summed E-state index contributed by atoms with van der Waals surface area (Å²) in [6.07, 6.45) is 1.88. The van der Waals surface area contributed by atoms with Crippen molar-refractivity contribution in [3.05, 3.63) is 23.8 Å². The van der Waals surface area contributed by atoms with Crippen LogP contribution in [0, 0.1) is 0 Å². The lowest BCUT2D eigenvalue weighted by Gasteiger charge is -2.32. The lowest BCUT2D eigenvalue weighted by molar-refractivity contribution is -0.125. The Kier molecular flexibility index (Phi) is 2.74. The van der Waals surface area contributed by atoms with Gasteiger partial charge in [0, 0.05) is 12.8 Å². The number of Topliss-reactive ketones (excluding diaryl/α,β-unsaturated/α-hetero) is 1. The molecule has 0 aromatic heterocycles. The number of carbonyl (C=O) groups excluding carboxylic acids is 1. The van der Waals surface area contributed by atoms with Crippen LogP contribution in [0.5, 0.6) is 11.5 Å². The molecule has 0 atom stereocenters. The summed E-state index contributed by atoms with van der Waals surface area (Å²) < 4.78 is 11.0. The Balaban J connectivity index is 1.89. The molecule has 96 valence electrons. The standard InChI is InChI=1S/C14H16O4/c15-11-3-5-14(16,6-4-11)10-1-2-12-13(9-10)18-8-7-17-12/h1-2,9,16H,3-8H2. The van der Waals surface area contributed by atoms with E-state index in [1.807, 2.05) is 18.2 Å². The molecule has 0 radical (unpaired) electrons. The van der Waals surface area contributed by atoms with E-state index in [-0.39, 0.29) is 5.78 Å². The summed E-state index contributed by atoms with van der Waals surface area (Å²) >= 11 is 0. The molecule has 1 aromatic rings. The fourth-order valence-corrected chi connectivity index (χ4v) is 2.56. The average Bonchev–Trinajstić information content (AvgIpc) is 2.42. The van der Waals surface area contributed by atoms with Crippen molar-refractivity contribution < 1.29 is 19.4 Å². The minimum Gasteiger partial charge on any atom is -0.486 e. The van der Waals surface area contributed by atoms with Crippen LogP contribution in [0.15, 0.2) is 18.2 Å². The van der Waals surface area contributed by atoms with Crippen LogP contribution < -0.4 is 9.47 Å². The first-order valence-electron chi connectivity index (χ1n) is 6.32. The highest BCUT2D eigenvalue weighted by molar-refractivity contribution is 5.79. The van der Waals surface area contributed by atoms with Crippen molar-refractivity contribution >= 4 is 5.78 Å². The van der Waals surface area contributed by atoms with E-state index >= 15 is 0 Å². The first-order valence-corrected chi connectivity index (χ1v) is 6.32. The summed E-state index contributed by atoms with van der Waals surface area (Å²) in [5, 5.41) is 10.6. The van der Waals surface area contributed by atoms with Crippen LogP contribution in [-0.2, 0) is 10.4 Å². The second-order valence-corrected chi connectivity index (χ2v) is 4.93. The molecule has 1 fully saturated rings. The van der Waals surface area contributed by atoms with Crippen LogP contribution in [0.2, 0.25) is 0 Å². The lowest BCUT2D eigenvalue weighted by Crippen LogP contribution is -2.31. The second-order valence-electron chi connectivity index (χ2n) is 4.93. The van der Waals surface area contributed by atoms with Crippen LogP contribution >= 0.6 is 0 Å². The molecule has 0 saturated heterocycles. The van der Waals surface area contributed by atoms with Gasteiger partial charge in [0.25, 0.3) is 0 Å². The maximum absolute atomic E-state index is 11.3. The zero-order valence-electron chi connectivity index (χ0n) is 10.1. The van der Waals surface area contributed by atoms with E-state index in [0.717, 1.165) is 11.3 Å². The van der Waals surface area contributed by atoms with Gasteiger partial charge in [0.1, 0.15) is 19.0 Å². The number of hydrogen-bond acceptors (Lipinski definition) is 4. The zero-order valence-corrected chi connectivity index (χ0v) is 10.1. The molecule has 0 amide bonds. The van der Waals surface area contributed by atoms with Crippen LogP contribution in [-0.4, -0.2) is 24.1 Å². The number of carbonyl (C=O) groups is 1. The average molecular weight is 248 g/mol. The van der Waals surface area contributed by atoms with Gasteiger partial charge in [0.05, 0.1) is 5.60 Å². The van der Waals surface area contributed by atoms with E-state index in [0.29, 0.717) is 44.6 Å². The fourth-order valence-electron chi connectivity index (χ4n) is 2.56. The first kappa shape index (κ1) is 11.5. The third-order valence-corrected chi connectivity index (χ3v) is 3.71. The van der Waals surface area contributed by atoms with Gasteiger partial charge in [-0.15, -0.1) is 0 Å². The van der Waals surface area contributed by atoms with E-state index in [2.05, 4.69) is 0 Å². The second kappa shape index (κ2) is 4.28. The van der Waals surface area contributed by atoms with E-state index in [9.17, 15) is 9.90 Å². The number of benzene rings is 1. The predicted molar refractivity (Wildman–Crippen MR) is 64.8 cm³/mol. The quantitative estimate of drug-likeness (QED) is 0.823. The molecule has 1 aliphatic heterocycles. The highest BCUT2D eigenvalue weighted by Crippen LogP contribution is 2.40. The third kappa shape index (κ3) is 1.97. The first-order chi connectivity index (χ1) is 8.67. The molecule has 1 aliphatic carbocycles. The molecule has 1 heterocycles. The van der Waals surface area contributed by atoms with E-state index in [1.165, 1.54) is 0 Å². The molecular weight excluding hydrogens is 232 g/mol.